The molecule has 0 saturated carbocycles. The number of carbonyl (C=O) groups is 2. The number of fused-ring (bicyclic) bond motifs is 1. The van der Waals surface area contributed by atoms with Crippen molar-refractivity contribution in [3.8, 4) is 23.0 Å². The molecule has 3 aliphatic heterocycles. The van der Waals surface area contributed by atoms with Crippen LogP contribution in [0, 0.1) is 0 Å². The highest BCUT2D eigenvalue weighted by Gasteiger charge is 2.47. The molecule has 1 amide bonds. The van der Waals surface area contributed by atoms with Crippen LogP contribution in [-0.2, 0) is 14.3 Å². The SMILES string of the molecule is CCCCCOc1ccc([C@H]2C(=C(O)c3ccc4c(c3)OCCO4)C(=O)C(=O)N2C[C@@H]2CCCO2)cc1OC. The smallest absolute Gasteiger partial charge is 0.295 e. The Morgan fingerprint density at radius 2 is 1.85 bits per heavy atom. The molecule has 2 aromatic carbocycles. The Morgan fingerprint density at radius 3 is 2.59 bits per heavy atom. The third kappa shape index (κ3) is 5.54. The van der Waals surface area contributed by atoms with Gasteiger partial charge in [-0.25, -0.2) is 0 Å². The lowest BCUT2D eigenvalue weighted by Crippen LogP contribution is -2.36. The summed E-state index contributed by atoms with van der Waals surface area (Å²) in [4.78, 5) is 28.3. The molecule has 2 atom stereocenters. The maximum atomic E-state index is 13.4. The number of likely N-dealkylation sites (tertiary alicyclic amines) is 1. The van der Waals surface area contributed by atoms with Crippen LogP contribution in [0.25, 0.3) is 5.76 Å². The maximum absolute atomic E-state index is 13.4. The number of hydrogen-bond acceptors (Lipinski definition) is 8. The molecule has 0 aromatic heterocycles. The molecule has 1 N–H and O–H groups in total. The zero-order chi connectivity index (χ0) is 27.4. The molecule has 3 heterocycles. The van der Waals surface area contributed by atoms with Crippen molar-refractivity contribution >= 4 is 17.4 Å². The van der Waals surface area contributed by atoms with Crippen LogP contribution in [0.3, 0.4) is 0 Å². The molecule has 2 fully saturated rings. The monoisotopic (exact) mass is 537 g/mol. The van der Waals surface area contributed by atoms with E-state index in [1.54, 1.807) is 37.4 Å². The first-order valence-corrected chi connectivity index (χ1v) is 13.6. The lowest BCUT2D eigenvalue weighted by atomic mass is 9.94. The van der Waals surface area contributed by atoms with Crippen LogP contribution in [0.4, 0.5) is 0 Å². The molecular formula is C30H35NO8. The van der Waals surface area contributed by atoms with Gasteiger partial charge in [0, 0.05) is 18.7 Å². The Morgan fingerprint density at radius 1 is 1.03 bits per heavy atom. The lowest BCUT2D eigenvalue weighted by molar-refractivity contribution is -0.140. The molecule has 3 aliphatic rings. The Hall–Kier alpha value is -3.72. The Labute approximate surface area is 228 Å². The number of nitrogens with zero attached hydrogens (tertiary/aromatic N) is 1. The fourth-order valence-electron chi connectivity index (χ4n) is 5.28. The fourth-order valence-corrected chi connectivity index (χ4v) is 5.28. The van der Waals surface area contributed by atoms with Crippen molar-refractivity contribution in [2.45, 2.75) is 51.2 Å². The van der Waals surface area contributed by atoms with Gasteiger partial charge in [-0.2, -0.15) is 0 Å². The van der Waals surface area contributed by atoms with E-state index >= 15 is 0 Å². The van der Waals surface area contributed by atoms with Gasteiger partial charge in [-0.3, -0.25) is 9.59 Å². The molecule has 39 heavy (non-hydrogen) atoms. The predicted molar refractivity (Wildman–Crippen MR) is 143 cm³/mol. The first kappa shape index (κ1) is 26.9. The third-order valence-electron chi connectivity index (χ3n) is 7.29. The summed E-state index contributed by atoms with van der Waals surface area (Å²) in [5, 5.41) is 11.5. The van der Waals surface area contributed by atoms with Crippen LogP contribution >= 0.6 is 0 Å². The van der Waals surface area contributed by atoms with Gasteiger partial charge in [-0.05, 0) is 55.2 Å². The Bertz CT molecular complexity index is 1250. The highest BCUT2D eigenvalue weighted by atomic mass is 16.6. The van der Waals surface area contributed by atoms with Crippen LogP contribution in [0.5, 0.6) is 23.0 Å². The van der Waals surface area contributed by atoms with Crippen LogP contribution in [-0.4, -0.2) is 67.9 Å². The Kier molecular flexibility index (Phi) is 8.26. The van der Waals surface area contributed by atoms with Gasteiger partial charge in [-0.15, -0.1) is 0 Å². The molecule has 9 nitrogen and oxygen atoms in total. The number of methoxy groups -OCH3 is 1. The summed E-state index contributed by atoms with van der Waals surface area (Å²) < 4.78 is 28.6. The fraction of sp³-hybridized carbons (Fsp3) is 0.467. The van der Waals surface area contributed by atoms with Gasteiger partial charge in [0.1, 0.15) is 19.0 Å². The molecule has 5 rings (SSSR count). The minimum absolute atomic E-state index is 0.00772. The number of rotatable bonds is 10. The van der Waals surface area contributed by atoms with Crippen LogP contribution in [0.15, 0.2) is 42.0 Å². The number of Topliss-reactive ketones (excluding diaryl/α,β-unsaturated/α-hetero) is 1. The molecule has 0 radical (unpaired) electrons. The average molecular weight is 538 g/mol. The van der Waals surface area contributed by atoms with E-state index in [1.165, 1.54) is 4.90 Å². The van der Waals surface area contributed by atoms with E-state index in [0.717, 1.165) is 32.1 Å². The first-order valence-electron chi connectivity index (χ1n) is 13.6. The van der Waals surface area contributed by atoms with Gasteiger partial charge in [-0.1, -0.05) is 25.8 Å². The normalized spacial score (nSPS) is 21.8. The summed E-state index contributed by atoms with van der Waals surface area (Å²) in [6, 6.07) is 9.51. The van der Waals surface area contributed by atoms with Gasteiger partial charge < -0.3 is 33.7 Å². The summed E-state index contributed by atoms with van der Waals surface area (Å²) in [6.45, 7) is 4.38. The molecule has 0 unspecified atom stereocenters. The number of aliphatic hydroxyl groups excluding tert-OH is 1. The van der Waals surface area contributed by atoms with E-state index in [1.807, 2.05) is 6.07 Å². The van der Waals surface area contributed by atoms with Crippen molar-refractivity contribution in [1.29, 1.82) is 0 Å². The summed E-state index contributed by atoms with van der Waals surface area (Å²) in [5.74, 6) is 0.419. The number of aliphatic hydroxyl groups is 1. The second-order valence-electron chi connectivity index (χ2n) is 9.91. The van der Waals surface area contributed by atoms with E-state index in [-0.39, 0.29) is 24.0 Å². The number of ketones is 1. The second kappa shape index (κ2) is 12.0. The van der Waals surface area contributed by atoms with Crippen molar-refractivity contribution < 1.29 is 38.4 Å². The molecule has 0 bridgehead atoms. The van der Waals surface area contributed by atoms with E-state index in [2.05, 4.69) is 6.92 Å². The standard InChI is InChI=1S/C30H35NO8/c1-3-4-5-12-37-22-10-8-19(16-24(22)35-2)27-26(29(33)30(34)31(27)18-21-7-6-13-36-21)28(32)20-9-11-23-25(17-20)39-15-14-38-23/h8-11,16-17,21,27,32H,3-7,12-15,18H2,1-2H3/t21-,27-/m0/s1. The number of amides is 1. The number of unbranched alkanes of at least 4 members (excludes halogenated alkanes) is 2. The van der Waals surface area contributed by atoms with Gasteiger partial charge in [0.2, 0.25) is 0 Å². The molecule has 9 heteroatoms. The molecule has 208 valence electrons. The van der Waals surface area contributed by atoms with Crippen molar-refractivity contribution in [2.75, 3.05) is 40.1 Å². The van der Waals surface area contributed by atoms with E-state index in [4.69, 9.17) is 23.7 Å². The highest BCUT2D eigenvalue weighted by molar-refractivity contribution is 6.46. The number of carbonyl (C=O) groups excluding carboxylic acids is 2. The number of benzene rings is 2. The zero-order valence-electron chi connectivity index (χ0n) is 22.4. The van der Waals surface area contributed by atoms with Gasteiger partial charge in [0.15, 0.2) is 23.0 Å². The first-order chi connectivity index (χ1) is 19.0. The third-order valence-corrected chi connectivity index (χ3v) is 7.29. The molecule has 0 aliphatic carbocycles. The second-order valence-corrected chi connectivity index (χ2v) is 9.91. The van der Waals surface area contributed by atoms with Gasteiger partial charge in [0.05, 0.1) is 31.4 Å². The summed E-state index contributed by atoms with van der Waals surface area (Å²) in [7, 11) is 1.55. The van der Waals surface area contributed by atoms with Gasteiger partial charge in [0.25, 0.3) is 11.7 Å². The van der Waals surface area contributed by atoms with Crippen molar-refractivity contribution in [3.05, 3.63) is 53.1 Å². The minimum Gasteiger partial charge on any atom is -0.507 e. The molecule has 0 spiro atoms. The molecule has 2 saturated heterocycles. The predicted octanol–water partition coefficient (Wildman–Crippen LogP) is 4.64. The molecular weight excluding hydrogens is 502 g/mol. The maximum Gasteiger partial charge on any atom is 0.295 e. The summed E-state index contributed by atoms with van der Waals surface area (Å²) in [6.07, 6.45) is 4.60. The number of ether oxygens (including phenoxy) is 5. The average Bonchev–Trinajstić information content (AvgIpc) is 3.57. The molecule has 2 aromatic rings. The quantitative estimate of drug-likeness (QED) is 0.202. The van der Waals surface area contributed by atoms with E-state index in [0.29, 0.717) is 60.6 Å². The summed E-state index contributed by atoms with van der Waals surface area (Å²) in [5.41, 5.74) is 1.000. The van der Waals surface area contributed by atoms with Crippen molar-refractivity contribution in [1.82, 2.24) is 4.90 Å². The summed E-state index contributed by atoms with van der Waals surface area (Å²) >= 11 is 0. The van der Waals surface area contributed by atoms with Crippen LogP contribution < -0.4 is 18.9 Å². The van der Waals surface area contributed by atoms with Gasteiger partial charge >= 0.3 is 0 Å². The van der Waals surface area contributed by atoms with Crippen molar-refractivity contribution in [2.24, 2.45) is 0 Å². The van der Waals surface area contributed by atoms with E-state index < -0.39 is 17.7 Å². The van der Waals surface area contributed by atoms with Crippen molar-refractivity contribution in [3.63, 3.8) is 0 Å². The van der Waals surface area contributed by atoms with Crippen LogP contribution in [0.1, 0.15) is 56.2 Å². The lowest BCUT2D eigenvalue weighted by Gasteiger charge is -2.28. The number of hydrogen-bond donors (Lipinski definition) is 1. The Balaban J connectivity index is 1.55. The largest absolute Gasteiger partial charge is 0.507 e. The zero-order valence-corrected chi connectivity index (χ0v) is 22.4. The van der Waals surface area contributed by atoms with E-state index in [9.17, 15) is 14.7 Å². The highest BCUT2D eigenvalue weighted by Crippen LogP contribution is 2.43. The minimum atomic E-state index is -0.828. The topological polar surface area (TPSA) is 104 Å². The van der Waals surface area contributed by atoms with Crippen LogP contribution in [0.2, 0.25) is 0 Å².